The Balaban J connectivity index is 2.51. The average Bonchev–Trinajstić information content (AvgIpc) is 2.42. The molecule has 5 nitrogen and oxygen atoms in total. The molecule has 0 fully saturated rings. The first kappa shape index (κ1) is 15.5. The van der Waals surface area contributed by atoms with E-state index in [1.807, 2.05) is 18.4 Å². The molecule has 6 heteroatoms. The normalized spacial score (nSPS) is 11.9. The van der Waals surface area contributed by atoms with Crippen LogP contribution in [-0.4, -0.2) is 43.0 Å². The van der Waals surface area contributed by atoms with Gasteiger partial charge in [-0.15, -0.1) is 11.8 Å². The van der Waals surface area contributed by atoms with Crippen LogP contribution in [0, 0.1) is 0 Å². The number of thioether (sulfide) groups is 1. The van der Waals surface area contributed by atoms with E-state index in [2.05, 4.69) is 5.32 Å². The predicted molar refractivity (Wildman–Crippen MR) is 73.6 cm³/mol. The van der Waals surface area contributed by atoms with Gasteiger partial charge in [-0.05, 0) is 30.5 Å². The Bertz CT molecular complexity index is 433. The number of carboxylic acid groups (broad SMARTS) is 1. The highest BCUT2D eigenvalue weighted by molar-refractivity contribution is 7.98. The van der Waals surface area contributed by atoms with Crippen LogP contribution in [0.2, 0.25) is 0 Å². The van der Waals surface area contributed by atoms with Crippen molar-refractivity contribution in [2.45, 2.75) is 17.4 Å². The minimum Gasteiger partial charge on any atom is -0.481 e. The Morgan fingerprint density at radius 1 is 1.37 bits per heavy atom. The Kier molecular flexibility index (Phi) is 6.38. The number of carbonyl (C=O) groups is 2. The van der Waals surface area contributed by atoms with Gasteiger partial charge in [0.15, 0.2) is 0 Å². The second kappa shape index (κ2) is 7.81. The molecule has 0 aliphatic rings. The van der Waals surface area contributed by atoms with Crippen molar-refractivity contribution in [2.75, 3.05) is 19.9 Å². The molecule has 0 heterocycles. The molecule has 1 rings (SSSR count). The van der Waals surface area contributed by atoms with Gasteiger partial charge in [0.25, 0.3) is 5.91 Å². The summed E-state index contributed by atoms with van der Waals surface area (Å²) < 4.78 is 4.99. The van der Waals surface area contributed by atoms with Crippen LogP contribution in [-0.2, 0) is 9.53 Å². The molecule has 0 aliphatic heterocycles. The number of benzene rings is 1. The lowest BCUT2D eigenvalue weighted by Crippen LogP contribution is -2.34. The fourth-order valence-electron chi connectivity index (χ4n) is 1.48. The molecular formula is C13H17NO4S. The van der Waals surface area contributed by atoms with E-state index in [0.29, 0.717) is 5.56 Å². The summed E-state index contributed by atoms with van der Waals surface area (Å²) in [6, 6.07) is 7.20. The largest absolute Gasteiger partial charge is 0.481 e. The lowest BCUT2D eigenvalue weighted by molar-refractivity contribution is -0.139. The highest BCUT2D eigenvalue weighted by Crippen LogP contribution is 2.14. The average molecular weight is 283 g/mol. The third-order valence-corrected chi connectivity index (χ3v) is 3.32. The molecule has 0 saturated heterocycles. The lowest BCUT2D eigenvalue weighted by Gasteiger charge is -2.14. The van der Waals surface area contributed by atoms with Crippen LogP contribution in [0.5, 0.6) is 0 Å². The first-order valence-corrected chi connectivity index (χ1v) is 6.96. The molecule has 19 heavy (non-hydrogen) atoms. The third-order valence-electron chi connectivity index (χ3n) is 2.58. The van der Waals surface area contributed by atoms with Gasteiger partial charge in [0, 0.05) is 24.1 Å². The lowest BCUT2D eigenvalue weighted by atomic mass is 10.2. The predicted octanol–water partition coefficient (Wildman–Crippen LogP) is 1.63. The zero-order valence-electron chi connectivity index (χ0n) is 10.9. The van der Waals surface area contributed by atoms with Gasteiger partial charge >= 0.3 is 5.97 Å². The van der Waals surface area contributed by atoms with Gasteiger partial charge in [-0.2, -0.15) is 0 Å². The second-order valence-corrected chi connectivity index (χ2v) is 4.77. The number of aliphatic carboxylic acids is 1. The molecule has 0 spiro atoms. The number of methoxy groups -OCH3 is 1. The molecule has 1 unspecified atom stereocenters. The quantitative estimate of drug-likeness (QED) is 0.744. The van der Waals surface area contributed by atoms with E-state index in [0.717, 1.165) is 4.90 Å². The van der Waals surface area contributed by atoms with E-state index >= 15 is 0 Å². The summed E-state index contributed by atoms with van der Waals surface area (Å²) in [6.07, 6.45) is 1.30. The standard InChI is InChI=1S/C13H17NO4S/c1-18-10(7-12(15)16)8-14-13(17)9-3-5-11(19-2)6-4-9/h3-6,10H,7-8H2,1-2H3,(H,14,17)(H,15,16). The fourth-order valence-corrected chi connectivity index (χ4v) is 1.89. The zero-order valence-corrected chi connectivity index (χ0v) is 11.7. The Morgan fingerprint density at radius 2 is 2.00 bits per heavy atom. The first-order chi connectivity index (χ1) is 9.06. The Labute approximate surface area is 116 Å². The zero-order chi connectivity index (χ0) is 14.3. The van der Waals surface area contributed by atoms with Crippen LogP contribution in [0.1, 0.15) is 16.8 Å². The number of nitrogens with one attached hydrogen (secondary N) is 1. The molecule has 2 N–H and O–H groups in total. The van der Waals surface area contributed by atoms with Gasteiger partial charge in [0.2, 0.25) is 0 Å². The summed E-state index contributed by atoms with van der Waals surface area (Å²) in [4.78, 5) is 23.5. The minimum atomic E-state index is -0.953. The summed E-state index contributed by atoms with van der Waals surface area (Å²) in [7, 11) is 1.42. The maximum absolute atomic E-state index is 11.8. The molecule has 0 aromatic heterocycles. The van der Waals surface area contributed by atoms with Crippen molar-refractivity contribution < 1.29 is 19.4 Å². The molecule has 1 amide bonds. The van der Waals surface area contributed by atoms with Gasteiger partial charge in [0.05, 0.1) is 12.5 Å². The smallest absolute Gasteiger partial charge is 0.306 e. The summed E-state index contributed by atoms with van der Waals surface area (Å²) in [5.74, 6) is -1.19. The highest BCUT2D eigenvalue weighted by Gasteiger charge is 2.14. The topological polar surface area (TPSA) is 75.6 Å². The molecule has 0 radical (unpaired) electrons. The van der Waals surface area contributed by atoms with Crippen molar-refractivity contribution in [3.63, 3.8) is 0 Å². The van der Waals surface area contributed by atoms with Crippen LogP contribution >= 0.6 is 11.8 Å². The van der Waals surface area contributed by atoms with Crippen molar-refractivity contribution in [1.29, 1.82) is 0 Å². The van der Waals surface area contributed by atoms with Crippen molar-refractivity contribution in [3.05, 3.63) is 29.8 Å². The number of hydrogen-bond acceptors (Lipinski definition) is 4. The summed E-state index contributed by atoms with van der Waals surface area (Å²) in [5.41, 5.74) is 0.544. The van der Waals surface area contributed by atoms with Gasteiger partial charge < -0.3 is 15.2 Å². The fraction of sp³-hybridized carbons (Fsp3) is 0.385. The van der Waals surface area contributed by atoms with E-state index in [1.54, 1.807) is 23.9 Å². The molecule has 1 aromatic rings. The highest BCUT2D eigenvalue weighted by atomic mass is 32.2. The van der Waals surface area contributed by atoms with Gasteiger partial charge in [-0.1, -0.05) is 0 Å². The molecule has 104 valence electrons. The van der Waals surface area contributed by atoms with Crippen LogP contribution < -0.4 is 5.32 Å². The summed E-state index contributed by atoms with van der Waals surface area (Å²) in [5, 5.41) is 11.3. The number of amides is 1. The van der Waals surface area contributed by atoms with Crippen LogP contribution in [0.15, 0.2) is 29.2 Å². The number of ether oxygens (including phenoxy) is 1. The summed E-state index contributed by atoms with van der Waals surface area (Å²) >= 11 is 1.60. The first-order valence-electron chi connectivity index (χ1n) is 5.73. The maximum atomic E-state index is 11.8. The van der Waals surface area contributed by atoms with Crippen LogP contribution in [0.3, 0.4) is 0 Å². The monoisotopic (exact) mass is 283 g/mol. The number of rotatable bonds is 7. The molecular weight excluding hydrogens is 266 g/mol. The molecule has 0 aliphatic carbocycles. The van der Waals surface area contributed by atoms with E-state index in [-0.39, 0.29) is 18.9 Å². The van der Waals surface area contributed by atoms with Crippen molar-refractivity contribution >= 4 is 23.6 Å². The molecule has 0 saturated carbocycles. The Hall–Kier alpha value is -1.53. The van der Waals surface area contributed by atoms with Gasteiger partial charge in [-0.3, -0.25) is 9.59 Å². The van der Waals surface area contributed by atoms with Crippen molar-refractivity contribution in [3.8, 4) is 0 Å². The third kappa shape index (κ3) is 5.32. The van der Waals surface area contributed by atoms with Gasteiger partial charge in [-0.25, -0.2) is 0 Å². The molecule has 1 atom stereocenters. The van der Waals surface area contributed by atoms with Crippen LogP contribution in [0.4, 0.5) is 0 Å². The second-order valence-electron chi connectivity index (χ2n) is 3.89. The Morgan fingerprint density at radius 3 is 2.47 bits per heavy atom. The van der Waals surface area contributed by atoms with E-state index in [1.165, 1.54) is 7.11 Å². The number of hydrogen-bond donors (Lipinski definition) is 2. The minimum absolute atomic E-state index is 0.137. The summed E-state index contributed by atoms with van der Waals surface area (Å²) in [6.45, 7) is 0.173. The number of carbonyl (C=O) groups excluding carboxylic acids is 1. The maximum Gasteiger partial charge on any atom is 0.306 e. The van der Waals surface area contributed by atoms with E-state index in [4.69, 9.17) is 9.84 Å². The SMILES string of the molecule is COC(CNC(=O)c1ccc(SC)cc1)CC(=O)O. The van der Waals surface area contributed by atoms with Crippen molar-refractivity contribution in [1.82, 2.24) is 5.32 Å². The number of carboxylic acids is 1. The molecule has 0 bridgehead atoms. The molecule has 1 aromatic carbocycles. The van der Waals surface area contributed by atoms with Crippen LogP contribution in [0.25, 0.3) is 0 Å². The van der Waals surface area contributed by atoms with E-state index < -0.39 is 12.1 Å². The van der Waals surface area contributed by atoms with Gasteiger partial charge in [0.1, 0.15) is 0 Å². The van der Waals surface area contributed by atoms with E-state index in [9.17, 15) is 9.59 Å². The van der Waals surface area contributed by atoms with Crippen molar-refractivity contribution in [2.24, 2.45) is 0 Å².